The molecule has 0 bridgehead atoms. The fourth-order valence-corrected chi connectivity index (χ4v) is 1.10. The van der Waals surface area contributed by atoms with Gasteiger partial charge in [0.05, 0.1) is 13.2 Å². The average molecular weight is 196 g/mol. The lowest BCUT2D eigenvalue weighted by molar-refractivity contribution is 0.131. The van der Waals surface area contributed by atoms with Crippen molar-refractivity contribution in [2.45, 2.75) is 6.42 Å². The van der Waals surface area contributed by atoms with E-state index in [4.69, 9.17) is 21.4 Å². The second kappa shape index (κ2) is 9.26. The molecule has 0 heterocycles. The zero-order valence-electron chi connectivity index (χ0n) is 7.63. The van der Waals surface area contributed by atoms with Gasteiger partial charge in [0.1, 0.15) is 0 Å². The van der Waals surface area contributed by atoms with Crippen molar-refractivity contribution >= 4 is 11.6 Å². The van der Waals surface area contributed by atoms with Gasteiger partial charge in [-0.15, -0.1) is 11.6 Å². The third kappa shape index (κ3) is 6.85. The lowest BCUT2D eigenvalue weighted by Gasteiger charge is -2.19. The Morgan fingerprint density at radius 1 is 1.33 bits per heavy atom. The van der Waals surface area contributed by atoms with Crippen molar-refractivity contribution in [3.63, 3.8) is 0 Å². The van der Waals surface area contributed by atoms with E-state index in [0.717, 1.165) is 19.5 Å². The Hall–Kier alpha value is 0.170. The number of alkyl halides is 1. The van der Waals surface area contributed by atoms with Crippen LogP contribution in [0.2, 0.25) is 0 Å². The number of aliphatic hydroxyl groups is 1. The number of halogens is 1. The molecular weight excluding hydrogens is 178 g/mol. The maximum absolute atomic E-state index is 8.72. The van der Waals surface area contributed by atoms with Crippen molar-refractivity contribution in [1.29, 1.82) is 0 Å². The molecule has 0 saturated heterocycles. The van der Waals surface area contributed by atoms with E-state index in [1.807, 2.05) is 0 Å². The van der Waals surface area contributed by atoms with Crippen molar-refractivity contribution < 1.29 is 9.84 Å². The highest BCUT2D eigenvalue weighted by Crippen LogP contribution is 1.92. The van der Waals surface area contributed by atoms with E-state index in [1.165, 1.54) is 0 Å². The minimum absolute atomic E-state index is 0.200. The highest BCUT2D eigenvalue weighted by Gasteiger charge is 2.02. The summed E-state index contributed by atoms with van der Waals surface area (Å²) in [6, 6.07) is 0. The zero-order chi connectivity index (χ0) is 9.23. The van der Waals surface area contributed by atoms with E-state index < -0.39 is 0 Å². The summed E-state index contributed by atoms with van der Waals surface area (Å²) < 4.78 is 4.94. The second-order valence-electron chi connectivity index (χ2n) is 2.60. The van der Waals surface area contributed by atoms with E-state index in [1.54, 1.807) is 7.11 Å². The Kier molecular flexibility index (Phi) is 9.39. The first kappa shape index (κ1) is 12.2. The van der Waals surface area contributed by atoms with Crippen LogP contribution in [0.25, 0.3) is 0 Å². The topological polar surface area (TPSA) is 32.7 Å². The van der Waals surface area contributed by atoms with E-state index in [-0.39, 0.29) is 6.61 Å². The standard InChI is InChI=1S/C8H18ClNO2/c1-12-8-6-10(5-7-11)4-2-3-9/h11H,2-8H2,1H3. The molecule has 0 aromatic carbocycles. The molecule has 12 heavy (non-hydrogen) atoms. The smallest absolute Gasteiger partial charge is 0.0589 e. The molecule has 1 N–H and O–H groups in total. The molecule has 0 unspecified atom stereocenters. The van der Waals surface area contributed by atoms with Gasteiger partial charge in [-0.2, -0.15) is 0 Å². The number of hydrogen-bond donors (Lipinski definition) is 1. The average Bonchev–Trinajstić information content (AvgIpc) is 2.10. The maximum atomic E-state index is 8.72. The summed E-state index contributed by atoms with van der Waals surface area (Å²) in [5.41, 5.74) is 0. The molecule has 3 nitrogen and oxygen atoms in total. The fourth-order valence-electron chi connectivity index (χ4n) is 0.981. The molecule has 0 aromatic rings. The van der Waals surface area contributed by atoms with Gasteiger partial charge in [0.15, 0.2) is 0 Å². The van der Waals surface area contributed by atoms with Crippen LogP contribution in [0, 0.1) is 0 Å². The van der Waals surface area contributed by atoms with Crippen LogP contribution in [0.4, 0.5) is 0 Å². The third-order valence-electron chi connectivity index (χ3n) is 1.64. The van der Waals surface area contributed by atoms with E-state index in [0.29, 0.717) is 19.0 Å². The van der Waals surface area contributed by atoms with Gasteiger partial charge in [-0.05, 0) is 13.0 Å². The molecule has 0 aromatic heterocycles. The summed E-state index contributed by atoms with van der Waals surface area (Å²) >= 11 is 5.56. The molecule has 0 amide bonds. The first-order valence-corrected chi connectivity index (χ1v) is 4.76. The molecule has 0 atom stereocenters. The van der Waals surface area contributed by atoms with Gasteiger partial charge in [-0.25, -0.2) is 0 Å². The Morgan fingerprint density at radius 3 is 2.58 bits per heavy atom. The van der Waals surface area contributed by atoms with Crippen LogP contribution in [0.1, 0.15) is 6.42 Å². The first-order valence-electron chi connectivity index (χ1n) is 4.23. The minimum atomic E-state index is 0.200. The van der Waals surface area contributed by atoms with Crippen molar-refractivity contribution in [1.82, 2.24) is 4.90 Å². The largest absolute Gasteiger partial charge is 0.395 e. The maximum Gasteiger partial charge on any atom is 0.0589 e. The number of methoxy groups -OCH3 is 1. The lowest BCUT2D eigenvalue weighted by Crippen LogP contribution is -2.31. The number of rotatable bonds is 8. The van der Waals surface area contributed by atoms with Crippen molar-refractivity contribution in [3.8, 4) is 0 Å². The quantitative estimate of drug-likeness (QED) is 0.575. The monoisotopic (exact) mass is 195 g/mol. The van der Waals surface area contributed by atoms with Crippen molar-refractivity contribution in [2.75, 3.05) is 45.8 Å². The summed E-state index contributed by atoms with van der Waals surface area (Å²) in [5, 5.41) is 8.72. The molecule has 4 heteroatoms. The number of hydrogen-bond acceptors (Lipinski definition) is 3. The summed E-state index contributed by atoms with van der Waals surface area (Å²) in [4.78, 5) is 2.14. The molecule has 0 rings (SSSR count). The Labute approximate surface area is 79.3 Å². The van der Waals surface area contributed by atoms with Gasteiger partial charge >= 0.3 is 0 Å². The van der Waals surface area contributed by atoms with Gasteiger partial charge in [0.25, 0.3) is 0 Å². The van der Waals surface area contributed by atoms with E-state index >= 15 is 0 Å². The van der Waals surface area contributed by atoms with E-state index in [9.17, 15) is 0 Å². The predicted octanol–water partition coefficient (Wildman–Crippen LogP) is 0.556. The van der Waals surface area contributed by atoms with Crippen LogP contribution in [0.5, 0.6) is 0 Å². The lowest BCUT2D eigenvalue weighted by atomic mass is 10.4. The van der Waals surface area contributed by atoms with Gasteiger partial charge in [-0.1, -0.05) is 0 Å². The van der Waals surface area contributed by atoms with Gasteiger partial charge < -0.3 is 9.84 Å². The molecule has 0 spiro atoms. The molecule has 0 aliphatic rings. The SMILES string of the molecule is COCCN(CCO)CCCCl. The van der Waals surface area contributed by atoms with Crippen LogP contribution in [0.3, 0.4) is 0 Å². The number of ether oxygens (including phenoxy) is 1. The fraction of sp³-hybridized carbons (Fsp3) is 1.00. The number of nitrogens with zero attached hydrogens (tertiary/aromatic N) is 1. The van der Waals surface area contributed by atoms with Crippen molar-refractivity contribution in [3.05, 3.63) is 0 Å². The van der Waals surface area contributed by atoms with E-state index in [2.05, 4.69) is 4.90 Å². The molecule has 0 saturated carbocycles. The van der Waals surface area contributed by atoms with Gasteiger partial charge in [0.2, 0.25) is 0 Å². The summed E-state index contributed by atoms with van der Waals surface area (Å²) in [5.74, 6) is 0.676. The van der Waals surface area contributed by atoms with Crippen molar-refractivity contribution in [2.24, 2.45) is 0 Å². The minimum Gasteiger partial charge on any atom is -0.395 e. The molecule has 74 valence electrons. The van der Waals surface area contributed by atoms with Crippen LogP contribution < -0.4 is 0 Å². The van der Waals surface area contributed by atoms with Gasteiger partial charge in [-0.3, -0.25) is 4.90 Å². The Balaban J connectivity index is 3.40. The summed E-state index contributed by atoms with van der Waals surface area (Å²) in [6.07, 6.45) is 0.964. The highest BCUT2D eigenvalue weighted by atomic mass is 35.5. The Bertz CT molecular complexity index is 85.1. The third-order valence-corrected chi connectivity index (χ3v) is 1.90. The molecule has 0 aliphatic carbocycles. The molecule has 0 radical (unpaired) electrons. The Morgan fingerprint density at radius 2 is 2.08 bits per heavy atom. The molecule has 0 aliphatic heterocycles. The van der Waals surface area contributed by atoms with Crippen LogP contribution in [-0.4, -0.2) is 55.8 Å². The normalized spacial score (nSPS) is 11.0. The second-order valence-corrected chi connectivity index (χ2v) is 2.98. The predicted molar refractivity (Wildman–Crippen MR) is 50.7 cm³/mol. The summed E-state index contributed by atoms with van der Waals surface area (Å²) in [6.45, 7) is 3.43. The highest BCUT2D eigenvalue weighted by molar-refractivity contribution is 6.17. The first-order chi connectivity index (χ1) is 5.85. The number of aliphatic hydroxyl groups excluding tert-OH is 1. The molecular formula is C8H18ClNO2. The summed E-state index contributed by atoms with van der Waals surface area (Å²) in [7, 11) is 1.68. The van der Waals surface area contributed by atoms with Crippen LogP contribution in [0.15, 0.2) is 0 Å². The van der Waals surface area contributed by atoms with Crippen LogP contribution in [-0.2, 0) is 4.74 Å². The molecule has 0 fully saturated rings. The zero-order valence-corrected chi connectivity index (χ0v) is 8.39. The van der Waals surface area contributed by atoms with Crippen LogP contribution >= 0.6 is 11.6 Å². The van der Waals surface area contributed by atoms with Gasteiger partial charge in [0, 0.05) is 26.1 Å².